The number of hydrogen-bond acceptors (Lipinski definition) is 5. The molecule has 0 fully saturated rings. The summed E-state index contributed by atoms with van der Waals surface area (Å²) in [6.45, 7) is 0.844. The Morgan fingerprint density at radius 1 is 1.17 bits per heavy atom. The fourth-order valence-electron chi connectivity index (χ4n) is 2.82. The maximum atomic E-state index is 13.3. The summed E-state index contributed by atoms with van der Waals surface area (Å²) < 4.78 is 36.1. The zero-order chi connectivity index (χ0) is 17.5. The molecule has 0 radical (unpaired) electrons. The van der Waals surface area contributed by atoms with Gasteiger partial charge in [0.1, 0.15) is 11.5 Å². The Hall–Kier alpha value is -2.52. The van der Waals surface area contributed by atoms with Crippen LogP contribution in [-0.2, 0) is 23.0 Å². The van der Waals surface area contributed by atoms with E-state index in [9.17, 15) is 22.9 Å². The highest BCUT2D eigenvalue weighted by Crippen LogP contribution is 2.33. The minimum atomic E-state index is -4.02. The third kappa shape index (κ3) is 3.08. The van der Waals surface area contributed by atoms with Crippen LogP contribution in [0, 0.1) is 15.9 Å². The molecule has 2 N–H and O–H groups in total. The lowest BCUT2D eigenvalue weighted by Crippen LogP contribution is -2.31. The quantitative estimate of drug-likeness (QED) is 0.672. The summed E-state index contributed by atoms with van der Waals surface area (Å²) in [5.74, 6) is -0.314. The number of anilines is 1. The van der Waals surface area contributed by atoms with Gasteiger partial charge in [-0.1, -0.05) is 6.07 Å². The van der Waals surface area contributed by atoms with Gasteiger partial charge in [0, 0.05) is 19.2 Å². The minimum Gasteiger partial charge on any atom is -0.361 e. The molecule has 2 aromatic carbocycles. The fourth-order valence-corrected chi connectivity index (χ4v) is 3.35. The predicted octanol–water partition coefficient (Wildman–Crippen LogP) is 1.94. The van der Waals surface area contributed by atoms with E-state index in [1.54, 1.807) is 11.0 Å². The van der Waals surface area contributed by atoms with Crippen molar-refractivity contribution in [3.63, 3.8) is 0 Å². The number of primary sulfonamides is 1. The van der Waals surface area contributed by atoms with Gasteiger partial charge in [0.2, 0.25) is 10.0 Å². The smallest absolute Gasteiger partial charge is 0.293 e. The van der Waals surface area contributed by atoms with Crippen molar-refractivity contribution in [2.75, 3.05) is 11.4 Å². The molecule has 0 aliphatic carbocycles. The van der Waals surface area contributed by atoms with E-state index in [4.69, 9.17) is 5.14 Å². The summed E-state index contributed by atoms with van der Waals surface area (Å²) in [6.07, 6.45) is 0.543. The molecule has 2 aromatic rings. The molecule has 0 spiro atoms. The van der Waals surface area contributed by atoms with E-state index in [0.29, 0.717) is 25.2 Å². The Balaban J connectivity index is 2.01. The average molecular weight is 351 g/mol. The van der Waals surface area contributed by atoms with E-state index >= 15 is 0 Å². The molecule has 0 aromatic heterocycles. The largest absolute Gasteiger partial charge is 0.361 e. The first kappa shape index (κ1) is 16.3. The molecule has 0 amide bonds. The van der Waals surface area contributed by atoms with Gasteiger partial charge in [-0.25, -0.2) is 17.9 Å². The molecule has 24 heavy (non-hydrogen) atoms. The number of nitrogens with zero attached hydrogens (tertiary/aromatic N) is 2. The van der Waals surface area contributed by atoms with Gasteiger partial charge in [-0.05, 0) is 41.8 Å². The highest BCUT2D eigenvalue weighted by molar-refractivity contribution is 7.89. The molecule has 0 bridgehead atoms. The first-order chi connectivity index (χ1) is 11.3. The number of sulfonamides is 1. The summed E-state index contributed by atoms with van der Waals surface area (Å²) in [5, 5.41) is 16.4. The van der Waals surface area contributed by atoms with Gasteiger partial charge in [0.25, 0.3) is 5.69 Å². The highest BCUT2D eigenvalue weighted by atomic mass is 32.2. The zero-order valence-corrected chi connectivity index (χ0v) is 13.3. The van der Waals surface area contributed by atoms with Gasteiger partial charge in [-0.2, -0.15) is 0 Å². The van der Waals surface area contributed by atoms with Gasteiger partial charge in [-0.3, -0.25) is 10.1 Å². The molecule has 3 rings (SSSR count). The number of benzene rings is 2. The molecular formula is C15H14FN3O4S. The van der Waals surface area contributed by atoms with Crippen molar-refractivity contribution in [1.29, 1.82) is 0 Å². The second kappa shape index (κ2) is 5.84. The van der Waals surface area contributed by atoms with Gasteiger partial charge in [0.05, 0.1) is 9.82 Å². The Bertz CT molecular complexity index is 930. The van der Waals surface area contributed by atoms with Crippen LogP contribution < -0.4 is 10.0 Å². The van der Waals surface area contributed by atoms with Crippen molar-refractivity contribution >= 4 is 21.4 Å². The molecule has 7 nitrogen and oxygen atoms in total. The van der Waals surface area contributed by atoms with Crippen molar-refractivity contribution in [2.45, 2.75) is 17.9 Å². The first-order valence-corrected chi connectivity index (χ1v) is 8.64. The molecule has 126 valence electrons. The van der Waals surface area contributed by atoms with E-state index in [1.807, 2.05) is 0 Å². The van der Waals surface area contributed by atoms with E-state index in [1.165, 1.54) is 24.3 Å². The van der Waals surface area contributed by atoms with Crippen LogP contribution in [0.4, 0.5) is 15.8 Å². The highest BCUT2D eigenvalue weighted by Gasteiger charge is 2.25. The van der Waals surface area contributed by atoms with Gasteiger partial charge < -0.3 is 4.90 Å². The molecule has 1 heterocycles. The van der Waals surface area contributed by atoms with E-state index in [-0.39, 0.29) is 16.4 Å². The molecule has 1 aliphatic heterocycles. The van der Waals surface area contributed by atoms with Crippen LogP contribution in [0.5, 0.6) is 0 Å². The molecule has 0 saturated carbocycles. The maximum absolute atomic E-state index is 13.3. The predicted molar refractivity (Wildman–Crippen MR) is 85.6 cm³/mol. The lowest BCUT2D eigenvalue weighted by atomic mass is 9.99. The lowest BCUT2D eigenvalue weighted by Gasteiger charge is -2.30. The summed E-state index contributed by atoms with van der Waals surface area (Å²) >= 11 is 0. The monoisotopic (exact) mass is 351 g/mol. The van der Waals surface area contributed by atoms with Crippen LogP contribution in [0.3, 0.4) is 0 Å². The average Bonchev–Trinajstić information content (AvgIpc) is 2.53. The number of rotatable bonds is 3. The molecule has 9 heteroatoms. The maximum Gasteiger partial charge on any atom is 0.293 e. The number of nitrogens with two attached hydrogens (primary N) is 1. The Morgan fingerprint density at radius 3 is 2.58 bits per heavy atom. The molecule has 0 unspecified atom stereocenters. The van der Waals surface area contributed by atoms with Crippen molar-refractivity contribution in [1.82, 2.24) is 0 Å². The van der Waals surface area contributed by atoms with E-state index in [0.717, 1.165) is 17.2 Å². The van der Waals surface area contributed by atoms with Crippen molar-refractivity contribution < 1.29 is 17.7 Å². The number of fused-ring (bicyclic) bond motifs is 1. The normalized spacial score (nSPS) is 14.3. The van der Waals surface area contributed by atoms with Gasteiger partial charge >= 0.3 is 0 Å². The molecular weight excluding hydrogens is 337 g/mol. The number of hydrogen-bond donors (Lipinski definition) is 1. The summed E-state index contributed by atoms with van der Waals surface area (Å²) in [5.41, 5.74) is 1.73. The third-order valence-corrected chi connectivity index (χ3v) is 4.90. The SMILES string of the molecule is NS(=O)(=O)c1ccc(N2CCc3cc(F)ccc3C2)c([N+](=O)[O-])c1. The van der Waals surface area contributed by atoms with E-state index < -0.39 is 14.9 Å². The number of halogens is 1. The summed E-state index contributed by atoms with van der Waals surface area (Å²) in [7, 11) is -4.02. The topological polar surface area (TPSA) is 107 Å². The lowest BCUT2D eigenvalue weighted by molar-refractivity contribution is -0.384. The number of nitro groups is 1. The Kier molecular flexibility index (Phi) is 3.98. The van der Waals surface area contributed by atoms with Gasteiger partial charge in [0.15, 0.2) is 0 Å². The van der Waals surface area contributed by atoms with Crippen LogP contribution >= 0.6 is 0 Å². The first-order valence-electron chi connectivity index (χ1n) is 7.09. The fraction of sp³-hybridized carbons (Fsp3) is 0.200. The third-order valence-electron chi connectivity index (χ3n) is 3.99. The van der Waals surface area contributed by atoms with Crippen LogP contribution in [-0.4, -0.2) is 19.9 Å². The Morgan fingerprint density at radius 2 is 1.92 bits per heavy atom. The standard InChI is InChI=1S/C15H14FN3O4S/c16-12-2-1-11-9-18(6-5-10(11)7-12)14-4-3-13(24(17,22)23)8-15(14)19(20)21/h1-4,7-8H,5-6,9H2,(H2,17,22,23). The van der Waals surface area contributed by atoms with Crippen molar-refractivity contribution in [2.24, 2.45) is 5.14 Å². The van der Waals surface area contributed by atoms with Crippen LogP contribution in [0.2, 0.25) is 0 Å². The van der Waals surface area contributed by atoms with Crippen LogP contribution in [0.15, 0.2) is 41.3 Å². The summed E-state index contributed by atoms with van der Waals surface area (Å²) in [6, 6.07) is 8.06. The summed E-state index contributed by atoms with van der Waals surface area (Å²) in [4.78, 5) is 12.2. The molecule has 0 atom stereocenters. The second-order valence-electron chi connectivity index (χ2n) is 5.54. The second-order valence-corrected chi connectivity index (χ2v) is 7.10. The number of nitro benzene ring substituents is 1. The molecule has 0 saturated heterocycles. The van der Waals surface area contributed by atoms with Gasteiger partial charge in [-0.15, -0.1) is 0 Å². The zero-order valence-electron chi connectivity index (χ0n) is 12.5. The van der Waals surface area contributed by atoms with Crippen molar-refractivity contribution in [3.05, 3.63) is 63.5 Å². The van der Waals surface area contributed by atoms with Crippen LogP contribution in [0.1, 0.15) is 11.1 Å². The van der Waals surface area contributed by atoms with Crippen LogP contribution in [0.25, 0.3) is 0 Å². The minimum absolute atomic E-state index is 0.308. The van der Waals surface area contributed by atoms with Crippen molar-refractivity contribution in [3.8, 4) is 0 Å². The van der Waals surface area contributed by atoms with E-state index in [2.05, 4.69) is 0 Å². The Labute approximate surface area is 137 Å². The molecule has 1 aliphatic rings.